The van der Waals surface area contributed by atoms with E-state index in [2.05, 4.69) is 14.9 Å². The van der Waals surface area contributed by atoms with E-state index in [0.717, 1.165) is 5.69 Å². The molecule has 19 heavy (non-hydrogen) atoms. The van der Waals surface area contributed by atoms with E-state index >= 15 is 0 Å². The molecule has 2 N–H and O–H groups in total. The van der Waals surface area contributed by atoms with Crippen molar-refractivity contribution in [3.05, 3.63) is 47.2 Å². The Bertz CT molecular complexity index is 728. The molecule has 0 aliphatic heterocycles. The van der Waals surface area contributed by atoms with Crippen LogP contribution in [0, 0.1) is 18.3 Å². The number of nitriles is 1. The van der Waals surface area contributed by atoms with Gasteiger partial charge in [0, 0.05) is 11.8 Å². The van der Waals surface area contributed by atoms with E-state index in [0.29, 0.717) is 11.1 Å². The van der Waals surface area contributed by atoms with Gasteiger partial charge < -0.3 is 0 Å². The summed E-state index contributed by atoms with van der Waals surface area (Å²) in [4.78, 5) is 0. The molecule has 7 heteroatoms. The zero-order valence-corrected chi connectivity index (χ0v) is 11.0. The number of H-pyrrole nitrogens is 1. The molecule has 0 saturated heterocycles. The summed E-state index contributed by atoms with van der Waals surface area (Å²) in [5, 5.41) is 15.2. The number of aromatic nitrogens is 2. The van der Waals surface area contributed by atoms with Crippen molar-refractivity contribution in [1.29, 1.82) is 5.26 Å². The number of hydrogen-bond acceptors (Lipinski definition) is 4. The second-order valence-corrected chi connectivity index (χ2v) is 5.83. The second-order valence-electron chi connectivity index (χ2n) is 4.11. The lowest BCUT2D eigenvalue weighted by molar-refractivity contribution is 0.600. The Balaban J connectivity index is 2.15. The third kappa shape index (κ3) is 3.56. The lowest BCUT2D eigenvalue weighted by Crippen LogP contribution is -2.15. The van der Waals surface area contributed by atoms with Crippen LogP contribution in [0.2, 0.25) is 0 Å². The topological polar surface area (TPSA) is 98.6 Å². The van der Waals surface area contributed by atoms with Crippen LogP contribution in [0.5, 0.6) is 0 Å². The number of sulfonamides is 1. The van der Waals surface area contributed by atoms with Gasteiger partial charge in [-0.1, -0.05) is 12.1 Å². The highest BCUT2D eigenvalue weighted by Crippen LogP contribution is 2.12. The quantitative estimate of drug-likeness (QED) is 0.884. The van der Waals surface area contributed by atoms with E-state index in [1.807, 2.05) is 6.07 Å². The summed E-state index contributed by atoms with van der Waals surface area (Å²) in [5.41, 5.74) is 1.76. The van der Waals surface area contributed by atoms with Crippen molar-refractivity contribution < 1.29 is 8.42 Å². The Morgan fingerprint density at radius 2 is 2.21 bits per heavy atom. The molecule has 0 unspecified atom stereocenters. The van der Waals surface area contributed by atoms with Crippen LogP contribution in [0.25, 0.3) is 0 Å². The van der Waals surface area contributed by atoms with Gasteiger partial charge in [-0.3, -0.25) is 9.82 Å². The maximum absolute atomic E-state index is 11.9. The molecule has 0 spiro atoms. The lowest BCUT2D eigenvalue weighted by Gasteiger charge is -2.05. The van der Waals surface area contributed by atoms with E-state index in [4.69, 9.17) is 5.26 Å². The molecule has 2 rings (SSSR count). The Morgan fingerprint density at radius 3 is 2.84 bits per heavy atom. The molecule has 0 radical (unpaired) electrons. The molecule has 1 heterocycles. The van der Waals surface area contributed by atoms with Crippen LogP contribution in [-0.2, 0) is 15.8 Å². The first kappa shape index (κ1) is 13.1. The molecule has 0 bridgehead atoms. The summed E-state index contributed by atoms with van der Waals surface area (Å²) in [7, 11) is -3.54. The van der Waals surface area contributed by atoms with Gasteiger partial charge in [0.15, 0.2) is 5.82 Å². The van der Waals surface area contributed by atoms with Crippen molar-refractivity contribution in [3.63, 3.8) is 0 Å². The van der Waals surface area contributed by atoms with Gasteiger partial charge in [0.05, 0.1) is 17.4 Å². The standard InChI is InChI=1S/C12H12N4O2S/c1-9-5-12(15-14-9)16-19(17,18)8-11-4-2-3-10(6-11)7-13/h2-6H,8H2,1H3,(H2,14,15,16). The maximum Gasteiger partial charge on any atom is 0.238 e. The number of nitrogens with zero attached hydrogens (tertiary/aromatic N) is 2. The molecule has 0 amide bonds. The minimum atomic E-state index is -3.54. The first-order valence-electron chi connectivity index (χ1n) is 5.50. The monoisotopic (exact) mass is 276 g/mol. The number of anilines is 1. The van der Waals surface area contributed by atoms with Crippen molar-refractivity contribution in [2.45, 2.75) is 12.7 Å². The molecular formula is C12H12N4O2S. The van der Waals surface area contributed by atoms with Crippen LogP contribution >= 0.6 is 0 Å². The van der Waals surface area contributed by atoms with E-state index < -0.39 is 10.0 Å². The van der Waals surface area contributed by atoms with Gasteiger partial charge >= 0.3 is 0 Å². The predicted molar refractivity (Wildman–Crippen MR) is 70.7 cm³/mol. The minimum Gasteiger partial charge on any atom is -0.281 e. The van der Waals surface area contributed by atoms with Gasteiger partial charge in [-0.25, -0.2) is 8.42 Å². The Morgan fingerprint density at radius 1 is 1.42 bits per heavy atom. The Kier molecular flexibility index (Phi) is 3.53. The number of aromatic amines is 1. The number of aryl methyl sites for hydroxylation is 1. The predicted octanol–water partition coefficient (Wildman–Crippen LogP) is 1.53. The van der Waals surface area contributed by atoms with Crippen LogP contribution in [0.1, 0.15) is 16.8 Å². The molecule has 1 aromatic carbocycles. The lowest BCUT2D eigenvalue weighted by atomic mass is 10.2. The first-order valence-corrected chi connectivity index (χ1v) is 7.15. The summed E-state index contributed by atoms with van der Waals surface area (Å²) in [6.45, 7) is 1.78. The highest BCUT2D eigenvalue weighted by atomic mass is 32.2. The summed E-state index contributed by atoms with van der Waals surface area (Å²) in [6.07, 6.45) is 0. The van der Waals surface area contributed by atoms with Crippen LogP contribution in [-0.4, -0.2) is 18.6 Å². The molecule has 1 aromatic heterocycles. The third-order valence-corrected chi connectivity index (χ3v) is 3.61. The SMILES string of the molecule is Cc1cc(NS(=O)(=O)Cc2cccc(C#N)c2)n[nH]1. The summed E-state index contributed by atoms with van der Waals surface area (Å²) in [5.74, 6) is 0.0583. The smallest absolute Gasteiger partial charge is 0.238 e. The molecule has 2 aromatic rings. The summed E-state index contributed by atoms with van der Waals surface area (Å²) in [6, 6.07) is 10.1. The molecule has 0 atom stereocenters. The summed E-state index contributed by atoms with van der Waals surface area (Å²) < 4.78 is 26.2. The fraction of sp³-hybridized carbons (Fsp3) is 0.167. The Hall–Kier alpha value is -2.33. The van der Waals surface area contributed by atoms with Crippen LogP contribution in [0.3, 0.4) is 0 Å². The van der Waals surface area contributed by atoms with Gasteiger partial charge in [-0.05, 0) is 24.6 Å². The van der Waals surface area contributed by atoms with Crippen LogP contribution in [0.15, 0.2) is 30.3 Å². The zero-order valence-electron chi connectivity index (χ0n) is 10.2. The third-order valence-electron chi connectivity index (χ3n) is 2.38. The van der Waals surface area contributed by atoms with E-state index in [1.54, 1.807) is 37.3 Å². The van der Waals surface area contributed by atoms with E-state index in [1.165, 1.54) is 0 Å². The fourth-order valence-corrected chi connectivity index (χ4v) is 2.73. The molecular weight excluding hydrogens is 264 g/mol. The number of rotatable bonds is 4. The van der Waals surface area contributed by atoms with Gasteiger partial charge in [-0.2, -0.15) is 10.4 Å². The van der Waals surface area contributed by atoms with Crippen LogP contribution in [0.4, 0.5) is 5.82 Å². The molecule has 0 aliphatic rings. The number of nitrogens with one attached hydrogen (secondary N) is 2. The van der Waals surface area contributed by atoms with Crippen molar-refractivity contribution in [2.75, 3.05) is 4.72 Å². The summed E-state index contributed by atoms with van der Waals surface area (Å²) >= 11 is 0. The molecule has 6 nitrogen and oxygen atoms in total. The number of benzene rings is 1. The molecule has 98 valence electrons. The molecule has 0 fully saturated rings. The van der Waals surface area contributed by atoms with Gasteiger partial charge in [-0.15, -0.1) is 0 Å². The first-order chi connectivity index (χ1) is 8.98. The van der Waals surface area contributed by atoms with E-state index in [9.17, 15) is 8.42 Å². The van der Waals surface area contributed by atoms with E-state index in [-0.39, 0.29) is 11.6 Å². The zero-order chi connectivity index (χ0) is 13.9. The number of hydrogen-bond donors (Lipinski definition) is 2. The molecule has 0 aliphatic carbocycles. The average molecular weight is 276 g/mol. The van der Waals surface area contributed by atoms with Crippen molar-refractivity contribution in [2.24, 2.45) is 0 Å². The van der Waals surface area contributed by atoms with Gasteiger partial charge in [0.25, 0.3) is 0 Å². The highest BCUT2D eigenvalue weighted by Gasteiger charge is 2.13. The van der Waals surface area contributed by atoms with Crippen molar-refractivity contribution >= 4 is 15.8 Å². The minimum absolute atomic E-state index is 0.200. The van der Waals surface area contributed by atoms with Gasteiger partial charge in [0.1, 0.15) is 0 Å². The average Bonchev–Trinajstić information content (AvgIpc) is 2.73. The second kappa shape index (κ2) is 5.12. The van der Waals surface area contributed by atoms with Crippen molar-refractivity contribution in [3.8, 4) is 6.07 Å². The maximum atomic E-state index is 11.9. The van der Waals surface area contributed by atoms with Crippen molar-refractivity contribution in [1.82, 2.24) is 10.2 Å². The fourth-order valence-electron chi connectivity index (χ4n) is 1.62. The molecule has 0 saturated carbocycles. The largest absolute Gasteiger partial charge is 0.281 e. The normalized spacial score (nSPS) is 10.9. The van der Waals surface area contributed by atoms with Crippen LogP contribution < -0.4 is 4.72 Å². The Labute approximate surface area is 111 Å². The van der Waals surface area contributed by atoms with Gasteiger partial charge in [0.2, 0.25) is 10.0 Å². The highest BCUT2D eigenvalue weighted by molar-refractivity contribution is 7.91.